The number of benzene rings is 2. The minimum atomic E-state index is -4.08. The fourth-order valence-corrected chi connectivity index (χ4v) is 9.75. The number of allylic oxidation sites excluding steroid dienone is 1. The number of aryl methyl sites for hydroxylation is 1. The number of hydrogen-bond acceptors (Lipinski definition) is 7. The van der Waals surface area contributed by atoms with Gasteiger partial charge in [-0.3, -0.25) is 9.59 Å². The van der Waals surface area contributed by atoms with Crippen LogP contribution in [-0.2, 0) is 31.2 Å². The molecule has 0 unspecified atom stereocenters. The first kappa shape index (κ1) is 32.1. The lowest BCUT2D eigenvalue weighted by Crippen LogP contribution is -2.49. The van der Waals surface area contributed by atoms with E-state index in [1.54, 1.807) is 39.4 Å². The topological polar surface area (TPSA) is 93.2 Å². The molecule has 2 aliphatic carbocycles. The Morgan fingerprint density at radius 2 is 1.96 bits per heavy atom. The van der Waals surface area contributed by atoms with Gasteiger partial charge in [-0.1, -0.05) is 29.8 Å². The van der Waals surface area contributed by atoms with Gasteiger partial charge < -0.3 is 19.3 Å². The summed E-state index contributed by atoms with van der Waals surface area (Å²) in [5.74, 6) is -0.410. The van der Waals surface area contributed by atoms with E-state index < -0.39 is 32.5 Å². The number of carbonyl (C=O) groups is 2. The van der Waals surface area contributed by atoms with Crippen molar-refractivity contribution < 1.29 is 27.5 Å². The number of sulfone groups is 1. The molecule has 1 fully saturated rings. The summed E-state index contributed by atoms with van der Waals surface area (Å²) in [5.41, 5.74) is 3.37. The third-order valence-electron chi connectivity index (χ3n) is 10.4. The fourth-order valence-electron chi connectivity index (χ4n) is 7.81. The number of Topliss-reactive ketones (excluding diaryl/α,β-unsaturated/α-hetero) is 1. The maximum atomic E-state index is 13.6. The molecule has 242 valence electrons. The van der Waals surface area contributed by atoms with Crippen LogP contribution in [0.5, 0.6) is 5.75 Å². The van der Waals surface area contributed by atoms with E-state index in [0.717, 1.165) is 49.4 Å². The van der Waals surface area contributed by atoms with Crippen molar-refractivity contribution in [1.82, 2.24) is 4.90 Å². The number of ketones is 1. The molecule has 8 nitrogen and oxygen atoms in total. The largest absolute Gasteiger partial charge is 0.490 e. The minimum absolute atomic E-state index is 0.105. The molecule has 2 aliphatic heterocycles. The van der Waals surface area contributed by atoms with Crippen molar-refractivity contribution in [2.24, 2.45) is 11.8 Å². The van der Waals surface area contributed by atoms with Crippen LogP contribution in [-0.4, -0.2) is 83.0 Å². The molecule has 1 spiro atoms. The average molecular weight is 655 g/mol. The highest BCUT2D eigenvalue weighted by Crippen LogP contribution is 2.47. The third-order valence-corrected chi connectivity index (χ3v) is 12.6. The van der Waals surface area contributed by atoms with Crippen LogP contribution in [0.4, 0.5) is 5.69 Å². The van der Waals surface area contributed by atoms with Crippen LogP contribution in [0.1, 0.15) is 60.0 Å². The quantitative estimate of drug-likeness (QED) is 0.408. The van der Waals surface area contributed by atoms with Crippen molar-refractivity contribution in [3.8, 4) is 5.75 Å². The van der Waals surface area contributed by atoms with Crippen molar-refractivity contribution in [3.05, 3.63) is 70.3 Å². The number of carbonyl (C=O) groups excluding carboxylic acids is 2. The monoisotopic (exact) mass is 654 g/mol. The zero-order valence-electron chi connectivity index (χ0n) is 26.3. The number of ether oxygens (including phenoxy) is 2. The van der Waals surface area contributed by atoms with Gasteiger partial charge in [-0.2, -0.15) is 0 Å². The van der Waals surface area contributed by atoms with Gasteiger partial charge in [0.2, 0.25) is 5.91 Å². The molecule has 0 aromatic heterocycles. The minimum Gasteiger partial charge on any atom is -0.490 e. The predicted molar refractivity (Wildman–Crippen MR) is 176 cm³/mol. The number of anilines is 1. The molecule has 2 bridgehead atoms. The van der Waals surface area contributed by atoms with Gasteiger partial charge >= 0.3 is 0 Å². The van der Waals surface area contributed by atoms with Gasteiger partial charge in [0.1, 0.15) is 16.8 Å². The maximum absolute atomic E-state index is 13.6. The molecule has 1 saturated carbocycles. The standard InChI is InChI=1S/C35H43ClN2O6S/c1-37(2)34(40)33-9-5-4-8-31(43-3)27-13-10-25(27)19-38-21-35(16-6-7-23-17-26(36)12-14-28(23)35)22-44-32-15-11-24(18-29(32)38)30(39)20-45(33,41)42/h4,8,11-12,14-15,17-18,25,27,31,33H,5-7,9-10,13,16,19-22H2,1-3H3/b8-4+/t25-,27+,31-,33+,35-/m0/s1. The van der Waals surface area contributed by atoms with E-state index >= 15 is 0 Å². The summed E-state index contributed by atoms with van der Waals surface area (Å²) in [7, 11) is 0.719. The first-order chi connectivity index (χ1) is 21.5. The zero-order chi connectivity index (χ0) is 31.9. The highest BCUT2D eigenvalue weighted by atomic mass is 35.5. The Kier molecular flexibility index (Phi) is 9.07. The van der Waals surface area contributed by atoms with E-state index in [-0.39, 0.29) is 17.9 Å². The summed E-state index contributed by atoms with van der Waals surface area (Å²) >= 11 is 6.41. The Hall–Kier alpha value is -2.88. The van der Waals surface area contributed by atoms with E-state index in [9.17, 15) is 18.0 Å². The van der Waals surface area contributed by atoms with Crippen LogP contribution in [0, 0.1) is 11.8 Å². The third kappa shape index (κ3) is 6.28. The molecule has 2 heterocycles. The van der Waals surface area contributed by atoms with Crippen molar-refractivity contribution >= 4 is 38.8 Å². The number of fused-ring (bicyclic) bond motifs is 4. The summed E-state index contributed by atoms with van der Waals surface area (Å²) in [4.78, 5) is 30.3. The molecule has 2 aromatic carbocycles. The van der Waals surface area contributed by atoms with E-state index in [1.165, 1.54) is 16.0 Å². The Bertz CT molecular complexity index is 1610. The molecular formula is C35H43ClN2O6S. The summed E-state index contributed by atoms with van der Waals surface area (Å²) in [6, 6.07) is 11.4. The number of rotatable bonds is 2. The van der Waals surface area contributed by atoms with Gasteiger partial charge in [0.05, 0.1) is 18.4 Å². The lowest BCUT2D eigenvalue weighted by atomic mass is 9.68. The van der Waals surface area contributed by atoms with Gasteiger partial charge in [-0.05, 0) is 98.2 Å². The number of amides is 1. The molecule has 0 radical (unpaired) electrons. The molecule has 0 N–H and O–H groups in total. The van der Waals surface area contributed by atoms with Crippen LogP contribution in [0.15, 0.2) is 48.6 Å². The highest BCUT2D eigenvalue weighted by molar-refractivity contribution is 7.93. The van der Waals surface area contributed by atoms with E-state index in [0.29, 0.717) is 42.7 Å². The second-order valence-electron chi connectivity index (χ2n) is 13.4. The van der Waals surface area contributed by atoms with Gasteiger partial charge in [0.25, 0.3) is 0 Å². The van der Waals surface area contributed by atoms with Crippen LogP contribution >= 0.6 is 11.6 Å². The highest BCUT2D eigenvalue weighted by Gasteiger charge is 2.44. The van der Waals surface area contributed by atoms with Crippen molar-refractivity contribution in [2.75, 3.05) is 51.6 Å². The lowest BCUT2D eigenvalue weighted by Gasteiger charge is -2.46. The number of nitrogens with zero attached hydrogens (tertiary/aromatic N) is 2. The first-order valence-corrected chi connectivity index (χ1v) is 18.1. The lowest BCUT2D eigenvalue weighted by molar-refractivity contribution is -0.128. The summed E-state index contributed by atoms with van der Waals surface area (Å²) in [6.45, 7) is 1.98. The Morgan fingerprint density at radius 1 is 1.13 bits per heavy atom. The van der Waals surface area contributed by atoms with E-state index in [4.69, 9.17) is 21.1 Å². The number of methoxy groups -OCH3 is 1. The summed E-state index contributed by atoms with van der Waals surface area (Å²) in [6.07, 6.45) is 9.41. The predicted octanol–water partition coefficient (Wildman–Crippen LogP) is 5.26. The molecular weight excluding hydrogens is 612 g/mol. The number of halogens is 1. The van der Waals surface area contributed by atoms with E-state index in [2.05, 4.69) is 17.0 Å². The Labute approximate surface area is 271 Å². The fraction of sp³-hybridized carbons (Fsp3) is 0.543. The number of hydrogen-bond donors (Lipinski definition) is 0. The van der Waals surface area contributed by atoms with Crippen LogP contribution in [0.3, 0.4) is 0 Å². The molecule has 10 heteroatoms. The van der Waals surface area contributed by atoms with Crippen LogP contribution < -0.4 is 9.64 Å². The van der Waals surface area contributed by atoms with Gasteiger partial charge in [-0.25, -0.2) is 8.42 Å². The van der Waals surface area contributed by atoms with Crippen LogP contribution in [0.25, 0.3) is 0 Å². The van der Waals surface area contributed by atoms with Crippen molar-refractivity contribution in [3.63, 3.8) is 0 Å². The Morgan fingerprint density at radius 3 is 2.69 bits per heavy atom. The average Bonchev–Trinajstić information content (AvgIpc) is 3.14. The summed E-state index contributed by atoms with van der Waals surface area (Å²) < 4.78 is 39.7. The molecule has 6 rings (SSSR count). The maximum Gasteiger partial charge on any atom is 0.240 e. The Balaban J connectivity index is 1.43. The second kappa shape index (κ2) is 12.7. The molecule has 4 aliphatic rings. The molecule has 1 amide bonds. The van der Waals surface area contributed by atoms with Crippen molar-refractivity contribution in [1.29, 1.82) is 0 Å². The first-order valence-electron chi connectivity index (χ1n) is 16.0. The van der Waals surface area contributed by atoms with E-state index in [1.807, 2.05) is 18.2 Å². The van der Waals surface area contributed by atoms with Crippen LogP contribution in [0.2, 0.25) is 5.02 Å². The van der Waals surface area contributed by atoms with Gasteiger partial charge in [0, 0.05) is 50.3 Å². The van der Waals surface area contributed by atoms with Gasteiger partial charge in [0.15, 0.2) is 15.6 Å². The normalized spacial score (nSPS) is 30.2. The molecule has 5 atom stereocenters. The molecule has 45 heavy (non-hydrogen) atoms. The smallest absolute Gasteiger partial charge is 0.240 e. The zero-order valence-corrected chi connectivity index (χ0v) is 27.9. The molecule has 2 aromatic rings. The molecule has 0 saturated heterocycles. The second-order valence-corrected chi connectivity index (χ2v) is 16.1. The SMILES string of the molecule is CO[C@H]1/C=C/CC[C@H](C(=O)N(C)C)S(=O)(=O)CC(=O)c2ccc3c(c2)N(C[C@@H]2CC[C@H]21)C[C@@]1(CCCc2cc(Cl)ccc21)CO3. The van der Waals surface area contributed by atoms with Gasteiger partial charge in [-0.15, -0.1) is 0 Å². The summed E-state index contributed by atoms with van der Waals surface area (Å²) in [5, 5.41) is -0.566. The van der Waals surface area contributed by atoms with Crippen molar-refractivity contribution in [2.45, 2.75) is 61.7 Å².